The number of ether oxygens (including phenoxy) is 4. The topological polar surface area (TPSA) is 124 Å². The molecular weight excluding hydrogens is 672 g/mol. The van der Waals surface area contributed by atoms with Crippen molar-refractivity contribution in [1.82, 2.24) is 14.7 Å². The molecule has 14 heteroatoms. The highest BCUT2D eigenvalue weighted by Gasteiger charge is 2.41. The highest BCUT2D eigenvalue weighted by Crippen LogP contribution is 2.36. The van der Waals surface area contributed by atoms with Crippen LogP contribution in [0.5, 0.6) is 0 Å². The first-order valence-corrected chi connectivity index (χ1v) is 19.7. The first-order chi connectivity index (χ1) is 18.2. The molecule has 0 spiro atoms. The number of hydrogen-bond acceptors (Lipinski definition) is 8. The lowest BCUT2D eigenvalue weighted by molar-refractivity contribution is -0.177. The fraction of sp³-hybridized carbons (Fsp3) is 0.760. The molecular formula is C25H42Br2N4O6SSi. The number of nitrogens with zero attached hydrogens (tertiary/aromatic N) is 3. The second-order valence-corrected chi connectivity index (χ2v) is 20.6. The second kappa shape index (κ2) is 14.1. The number of hydrogen-bond donors (Lipinski definition) is 1. The standard InChI is InChI=1S/C25H42Br2N4O6SSi/c1-18-14-20(30-37-18)25(35-10-11-36-25)8-7-9-33-16-19(15-24(2,3)38(28)32)23-29-21(26)22(27)31(23)17-34-12-13-39(4,5)6/h14,19H,7-13,15-17,28H2,1-6H3/t19-,38?/m0/s1. The molecule has 2 atom stereocenters. The van der Waals surface area contributed by atoms with Gasteiger partial charge in [0.15, 0.2) is 0 Å². The molecule has 1 aliphatic heterocycles. The molecule has 2 N–H and O–H groups in total. The summed E-state index contributed by atoms with van der Waals surface area (Å²) in [5, 5.41) is 9.97. The molecule has 3 rings (SSSR count). The molecule has 1 fully saturated rings. The predicted molar refractivity (Wildman–Crippen MR) is 160 cm³/mol. The van der Waals surface area contributed by atoms with Crippen LogP contribution in [0, 0.1) is 6.92 Å². The molecule has 0 aromatic carbocycles. The van der Waals surface area contributed by atoms with E-state index in [4.69, 9.17) is 33.6 Å². The minimum absolute atomic E-state index is 0.165. The van der Waals surface area contributed by atoms with E-state index < -0.39 is 29.6 Å². The molecule has 1 unspecified atom stereocenters. The van der Waals surface area contributed by atoms with Crippen molar-refractivity contribution in [1.29, 1.82) is 0 Å². The Kier molecular flexibility index (Phi) is 12.0. The lowest BCUT2D eigenvalue weighted by Gasteiger charge is -2.28. The average molecular weight is 715 g/mol. The van der Waals surface area contributed by atoms with Gasteiger partial charge in [-0.1, -0.05) is 24.8 Å². The van der Waals surface area contributed by atoms with E-state index in [9.17, 15) is 4.21 Å². The molecule has 2 aromatic heterocycles. The molecule has 2 aromatic rings. The van der Waals surface area contributed by atoms with Crippen LogP contribution in [0.2, 0.25) is 25.7 Å². The lowest BCUT2D eigenvalue weighted by atomic mass is 9.96. The molecule has 1 aliphatic rings. The van der Waals surface area contributed by atoms with Gasteiger partial charge in [0, 0.05) is 39.7 Å². The third-order valence-corrected chi connectivity index (χ3v) is 11.5. The van der Waals surface area contributed by atoms with Gasteiger partial charge < -0.3 is 23.5 Å². The Labute approximate surface area is 251 Å². The second-order valence-electron chi connectivity index (χ2n) is 11.7. The van der Waals surface area contributed by atoms with Crippen LogP contribution in [0.25, 0.3) is 0 Å². The maximum Gasteiger partial charge on any atom is 0.216 e. The van der Waals surface area contributed by atoms with Gasteiger partial charge in [-0.3, -0.25) is 9.71 Å². The van der Waals surface area contributed by atoms with E-state index in [1.807, 2.05) is 31.4 Å². The molecule has 0 amide bonds. The van der Waals surface area contributed by atoms with Crippen LogP contribution >= 0.6 is 31.9 Å². The quantitative estimate of drug-likeness (QED) is 0.177. The molecule has 39 heavy (non-hydrogen) atoms. The molecule has 0 bridgehead atoms. The van der Waals surface area contributed by atoms with Crippen molar-refractivity contribution in [2.75, 3.05) is 33.0 Å². The summed E-state index contributed by atoms with van der Waals surface area (Å²) in [5.74, 6) is 0.428. The number of imidazole rings is 1. The predicted octanol–water partition coefficient (Wildman–Crippen LogP) is 5.59. The van der Waals surface area contributed by atoms with E-state index in [-0.39, 0.29) is 5.92 Å². The molecule has 0 radical (unpaired) electrons. The van der Waals surface area contributed by atoms with Crippen molar-refractivity contribution in [3.63, 3.8) is 0 Å². The van der Waals surface area contributed by atoms with Crippen LogP contribution in [-0.4, -0.2) is 64.8 Å². The van der Waals surface area contributed by atoms with Crippen molar-refractivity contribution in [3.8, 4) is 0 Å². The lowest BCUT2D eigenvalue weighted by Crippen LogP contribution is -2.35. The number of rotatable bonds is 16. The molecule has 10 nitrogen and oxygen atoms in total. The molecule has 0 saturated carbocycles. The first-order valence-electron chi connectivity index (χ1n) is 13.2. The fourth-order valence-electron chi connectivity index (χ4n) is 4.34. The van der Waals surface area contributed by atoms with Gasteiger partial charge >= 0.3 is 0 Å². The monoisotopic (exact) mass is 712 g/mol. The van der Waals surface area contributed by atoms with Crippen molar-refractivity contribution in [2.24, 2.45) is 5.14 Å². The van der Waals surface area contributed by atoms with Crippen LogP contribution in [0.15, 0.2) is 19.8 Å². The molecule has 1 saturated heterocycles. The van der Waals surface area contributed by atoms with E-state index >= 15 is 0 Å². The Bertz CT molecular complexity index is 1100. The zero-order valence-electron chi connectivity index (χ0n) is 23.8. The summed E-state index contributed by atoms with van der Waals surface area (Å²) in [6.07, 6.45) is 1.79. The van der Waals surface area contributed by atoms with Crippen LogP contribution < -0.4 is 5.14 Å². The minimum atomic E-state index is -1.52. The van der Waals surface area contributed by atoms with Gasteiger partial charge in [0.25, 0.3) is 0 Å². The van der Waals surface area contributed by atoms with E-state index in [0.717, 1.165) is 16.5 Å². The van der Waals surface area contributed by atoms with Crippen LogP contribution in [0.1, 0.15) is 56.3 Å². The summed E-state index contributed by atoms with van der Waals surface area (Å²) < 4.78 is 44.5. The van der Waals surface area contributed by atoms with E-state index in [1.54, 1.807) is 0 Å². The number of aryl methyl sites for hydroxylation is 1. The first kappa shape index (κ1) is 33.1. The van der Waals surface area contributed by atoms with Crippen molar-refractivity contribution < 1.29 is 27.7 Å². The SMILES string of the molecule is Cc1cc(C2(CCCOC[C@H](CC(C)(C)S(N)=O)c3nc(Br)c(Br)n3COCC[Si](C)(C)C)OCCO2)no1. The number of aromatic nitrogens is 3. The summed E-state index contributed by atoms with van der Waals surface area (Å²) in [7, 11) is -2.73. The molecule has 0 aliphatic carbocycles. The Morgan fingerprint density at radius 3 is 2.51 bits per heavy atom. The third kappa shape index (κ3) is 9.27. The van der Waals surface area contributed by atoms with Crippen LogP contribution in [0.3, 0.4) is 0 Å². The van der Waals surface area contributed by atoms with Gasteiger partial charge in [0.2, 0.25) is 5.79 Å². The van der Waals surface area contributed by atoms with Gasteiger partial charge in [0.1, 0.15) is 33.2 Å². The van der Waals surface area contributed by atoms with Gasteiger partial charge in [-0.2, -0.15) is 0 Å². The highest BCUT2D eigenvalue weighted by molar-refractivity contribution is 9.13. The summed E-state index contributed by atoms with van der Waals surface area (Å²) in [4.78, 5) is 4.78. The minimum Gasteiger partial charge on any atom is -0.381 e. The smallest absolute Gasteiger partial charge is 0.216 e. The van der Waals surface area contributed by atoms with E-state index in [0.29, 0.717) is 75.1 Å². The fourth-order valence-corrected chi connectivity index (χ4v) is 6.23. The van der Waals surface area contributed by atoms with Gasteiger partial charge in [-0.25, -0.2) is 9.19 Å². The third-order valence-electron chi connectivity index (χ3n) is 6.65. The number of halogens is 2. The Balaban J connectivity index is 1.68. The average Bonchev–Trinajstić information content (AvgIpc) is 3.56. The van der Waals surface area contributed by atoms with Crippen LogP contribution in [0.4, 0.5) is 0 Å². The summed E-state index contributed by atoms with van der Waals surface area (Å²) in [5.41, 5.74) is 0.647. The Morgan fingerprint density at radius 2 is 1.92 bits per heavy atom. The number of nitrogens with two attached hydrogens (primary N) is 1. The normalized spacial score (nSPS) is 17.6. The van der Waals surface area contributed by atoms with Crippen LogP contribution in [-0.2, 0) is 42.5 Å². The molecule has 3 heterocycles. The zero-order chi connectivity index (χ0) is 28.8. The summed E-state index contributed by atoms with van der Waals surface area (Å²) >= 11 is 7.20. The zero-order valence-corrected chi connectivity index (χ0v) is 28.7. The largest absolute Gasteiger partial charge is 0.381 e. The summed E-state index contributed by atoms with van der Waals surface area (Å²) in [6.45, 7) is 15.5. The highest BCUT2D eigenvalue weighted by atomic mass is 79.9. The Hall–Kier alpha value is -0.453. The van der Waals surface area contributed by atoms with Crippen molar-refractivity contribution >= 4 is 50.9 Å². The van der Waals surface area contributed by atoms with Gasteiger partial charge in [-0.15, -0.1) is 0 Å². The molecule has 222 valence electrons. The summed E-state index contributed by atoms with van der Waals surface area (Å²) in [6, 6.07) is 2.92. The Morgan fingerprint density at radius 1 is 1.23 bits per heavy atom. The van der Waals surface area contributed by atoms with Crippen molar-refractivity contribution in [3.05, 3.63) is 32.6 Å². The maximum absolute atomic E-state index is 12.3. The van der Waals surface area contributed by atoms with E-state index in [2.05, 4.69) is 56.7 Å². The van der Waals surface area contributed by atoms with Crippen molar-refractivity contribution in [2.45, 2.75) is 88.9 Å². The van der Waals surface area contributed by atoms with Gasteiger partial charge in [0.05, 0.1) is 35.6 Å². The van der Waals surface area contributed by atoms with E-state index in [1.165, 1.54) is 0 Å². The maximum atomic E-state index is 12.3. The van der Waals surface area contributed by atoms with Gasteiger partial charge in [-0.05, 0) is 71.5 Å².